The van der Waals surface area contributed by atoms with Crippen molar-refractivity contribution in [3.63, 3.8) is 0 Å². The summed E-state index contributed by atoms with van der Waals surface area (Å²) in [5, 5.41) is 29.7. The Morgan fingerprint density at radius 1 is 0.507 bits per heavy atom. The molecule has 378 valence electrons. The highest BCUT2D eigenvalue weighted by Crippen LogP contribution is 2.43. The molecule has 0 aromatic heterocycles. The van der Waals surface area contributed by atoms with Gasteiger partial charge in [0, 0.05) is 12.8 Å². The van der Waals surface area contributed by atoms with Crippen molar-refractivity contribution >= 4 is 27.6 Å². The predicted molar refractivity (Wildman–Crippen MR) is 264 cm³/mol. The monoisotopic (exact) mass is 980 g/mol. The van der Waals surface area contributed by atoms with Gasteiger partial charge in [-0.05, 0) is 77.0 Å². The van der Waals surface area contributed by atoms with Gasteiger partial charge in [0.1, 0.15) is 12.7 Å². The summed E-state index contributed by atoms with van der Waals surface area (Å²) in [6.07, 6.45) is 49.6. The van der Waals surface area contributed by atoms with Crippen molar-refractivity contribution in [2.75, 3.05) is 26.4 Å². The Hall–Kier alpha value is -3.82. The Labute approximate surface area is 399 Å². The van der Waals surface area contributed by atoms with E-state index >= 15 is 0 Å². The normalized spacial score (nSPS) is 16.0. The highest BCUT2D eigenvalue weighted by atomic mass is 31.2. The largest absolute Gasteiger partial charge is 0.472 e. The molecule has 0 saturated carbocycles. The van der Waals surface area contributed by atoms with Crippen LogP contribution in [-0.2, 0) is 41.8 Å². The molecule has 0 radical (unpaired) electrons. The zero-order valence-electron chi connectivity index (χ0n) is 39.4. The van der Waals surface area contributed by atoms with Crippen LogP contribution in [0.5, 0.6) is 0 Å². The summed E-state index contributed by atoms with van der Waals surface area (Å²) in [7, 11) is -9.78. The molecular formula is C50H78O15P2. The minimum Gasteiger partial charge on any atom is -0.462 e. The molecule has 0 aliphatic carbocycles. The van der Waals surface area contributed by atoms with Crippen molar-refractivity contribution in [1.82, 2.24) is 0 Å². The molecule has 0 aliphatic rings. The Kier molecular flexibility index (Phi) is 41.0. The average molecular weight is 981 g/mol. The van der Waals surface area contributed by atoms with Gasteiger partial charge in [-0.3, -0.25) is 23.2 Å². The second kappa shape index (κ2) is 43.5. The molecule has 5 atom stereocenters. The van der Waals surface area contributed by atoms with E-state index in [1.807, 2.05) is 55.5 Å². The fourth-order valence-electron chi connectivity index (χ4n) is 5.18. The maximum atomic E-state index is 12.7. The molecule has 0 aromatic rings. The first-order valence-corrected chi connectivity index (χ1v) is 26.1. The number of carbonyl (C=O) groups excluding carboxylic acids is 2. The summed E-state index contributed by atoms with van der Waals surface area (Å²) in [4.78, 5) is 52.7. The molecule has 67 heavy (non-hydrogen) atoms. The van der Waals surface area contributed by atoms with Crippen molar-refractivity contribution in [2.45, 2.75) is 141 Å². The summed E-state index contributed by atoms with van der Waals surface area (Å²) in [5.41, 5.74) is 0. The molecule has 17 heteroatoms. The molecule has 0 bridgehead atoms. The van der Waals surface area contributed by atoms with E-state index in [-0.39, 0.29) is 12.8 Å². The van der Waals surface area contributed by atoms with Crippen molar-refractivity contribution in [3.05, 3.63) is 134 Å². The van der Waals surface area contributed by atoms with E-state index in [0.29, 0.717) is 38.5 Å². The van der Waals surface area contributed by atoms with Gasteiger partial charge in [-0.2, -0.15) is 0 Å². The zero-order chi connectivity index (χ0) is 49.7. The number of hydrogen-bond acceptors (Lipinski definition) is 12. The lowest BCUT2D eigenvalue weighted by atomic mass is 10.2. The number of esters is 2. The minimum atomic E-state index is -4.90. The van der Waals surface area contributed by atoms with Crippen molar-refractivity contribution in [3.8, 4) is 0 Å². The van der Waals surface area contributed by atoms with E-state index in [2.05, 4.69) is 58.5 Å². The SMILES string of the molecule is CC/C=C\C[C@@H](O)/C=C/C=C\C=C\[C@@H](O)C/C=C\C/C=C\CCC(=O)OC[C@H](COP(=O)(O)OC[C@@H](O)COP(=O)(O)O)OC(=O)CC/C=C\C/C=C\C/C=C\C/C=C\C/C=C\CCCCC. The Morgan fingerprint density at radius 3 is 1.46 bits per heavy atom. The fourth-order valence-corrected chi connectivity index (χ4v) is 6.33. The molecule has 0 fully saturated rings. The van der Waals surface area contributed by atoms with Crippen LogP contribution in [0.15, 0.2) is 134 Å². The van der Waals surface area contributed by atoms with Gasteiger partial charge in [0.25, 0.3) is 0 Å². The second-order valence-electron chi connectivity index (χ2n) is 15.0. The topological polar surface area (TPSA) is 236 Å². The molecule has 0 spiro atoms. The number of hydrogen-bond donors (Lipinski definition) is 6. The number of phosphoric ester groups is 2. The third-order valence-corrected chi connectivity index (χ3v) is 10.1. The van der Waals surface area contributed by atoms with E-state index in [1.54, 1.807) is 42.5 Å². The molecule has 0 rings (SSSR count). The van der Waals surface area contributed by atoms with Gasteiger partial charge in [-0.25, -0.2) is 9.13 Å². The van der Waals surface area contributed by atoms with E-state index in [0.717, 1.165) is 32.1 Å². The van der Waals surface area contributed by atoms with Crippen molar-refractivity contribution in [1.29, 1.82) is 0 Å². The number of rotatable bonds is 41. The quantitative estimate of drug-likeness (QED) is 0.0110. The Morgan fingerprint density at radius 2 is 0.955 bits per heavy atom. The second-order valence-corrected chi connectivity index (χ2v) is 17.7. The number of carbonyl (C=O) groups is 2. The standard InChI is InChI=1S/C50H78O15P2/c1-3-5-7-8-9-10-11-12-13-14-15-16-17-18-19-20-21-26-34-40-50(55)65-48(44-64-67(59,60)63-42-47(53)41-62-66(56,57)58)43-61-49(54)39-33-25-23-22-24-30-36-46(52)38-32-28-27-31-37-45(51)35-29-6-4-2/h6,9-10,12-13,15-16,18-19,21,23-32,37-38,45-48,51-53H,3-5,7-8,11,14,17,20,22,33-36,39-44H2,1-2H3,(H,59,60)(H2,56,57,58)/b10-9-,13-12-,16-15-,19-18-,25-23-,26-21-,28-27-,29-6-,30-24-,37-31+,38-32+/t45-,46+,47+,48-/m1/s1. The zero-order valence-corrected chi connectivity index (χ0v) is 41.2. The summed E-state index contributed by atoms with van der Waals surface area (Å²) in [6.45, 7) is 1.24. The van der Waals surface area contributed by atoms with Crippen LogP contribution in [0.4, 0.5) is 0 Å². The van der Waals surface area contributed by atoms with Gasteiger partial charge >= 0.3 is 27.6 Å². The first-order valence-electron chi connectivity index (χ1n) is 23.1. The number of aliphatic hydroxyl groups is 3. The van der Waals surface area contributed by atoms with E-state index in [9.17, 15) is 38.9 Å². The van der Waals surface area contributed by atoms with Crippen LogP contribution in [0.2, 0.25) is 0 Å². The van der Waals surface area contributed by atoms with Crippen LogP contribution in [0.25, 0.3) is 0 Å². The van der Waals surface area contributed by atoms with Crippen LogP contribution in [0, 0.1) is 0 Å². The van der Waals surface area contributed by atoms with Gasteiger partial charge in [0.15, 0.2) is 6.10 Å². The number of unbranched alkanes of at least 4 members (excludes halogenated alkanes) is 3. The Balaban J connectivity index is 4.85. The van der Waals surface area contributed by atoms with Gasteiger partial charge < -0.3 is 39.5 Å². The highest BCUT2D eigenvalue weighted by molar-refractivity contribution is 7.47. The lowest BCUT2D eigenvalue weighted by molar-refractivity contribution is -0.161. The molecule has 0 heterocycles. The summed E-state index contributed by atoms with van der Waals surface area (Å²) in [5.74, 6) is -1.31. The lowest BCUT2D eigenvalue weighted by Gasteiger charge is -2.20. The van der Waals surface area contributed by atoms with Crippen LogP contribution in [0.1, 0.15) is 117 Å². The van der Waals surface area contributed by atoms with Gasteiger partial charge in [-0.15, -0.1) is 0 Å². The van der Waals surface area contributed by atoms with Crippen molar-refractivity contribution < 1.29 is 71.8 Å². The van der Waals surface area contributed by atoms with Gasteiger partial charge in [0.2, 0.25) is 0 Å². The molecule has 0 amide bonds. The summed E-state index contributed by atoms with van der Waals surface area (Å²) < 4.78 is 47.6. The van der Waals surface area contributed by atoms with Gasteiger partial charge in [0.05, 0.1) is 32.0 Å². The number of aliphatic hydroxyl groups excluding tert-OH is 3. The minimum absolute atomic E-state index is 0.0107. The number of allylic oxidation sites excluding steroid dienone is 18. The van der Waals surface area contributed by atoms with E-state index in [1.165, 1.54) is 19.3 Å². The third-order valence-electron chi connectivity index (χ3n) is 8.71. The average Bonchev–Trinajstić information content (AvgIpc) is 3.28. The molecule has 6 N–H and O–H groups in total. The summed E-state index contributed by atoms with van der Waals surface area (Å²) >= 11 is 0. The lowest BCUT2D eigenvalue weighted by Crippen LogP contribution is -2.29. The number of phosphoric acid groups is 2. The maximum absolute atomic E-state index is 12.7. The molecule has 15 nitrogen and oxygen atoms in total. The van der Waals surface area contributed by atoms with E-state index < -0.39 is 78.4 Å². The first-order chi connectivity index (χ1) is 32.2. The van der Waals surface area contributed by atoms with Crippen LogP contribution >= 0.6 is 15.6 Å². The Bertz CT molecular complexity index is 1720. The van der Waals surface area contributed by atoms with Gasteiger partial charge in [-0.1, -0.05) is 160 Å². The van der Waals surface area contributed by atoms with E-state index in [4.69, 9.17) is 23.8 Å². The molecule has 0 saturated heterocycles. The highest BCUT2D eigenvalue weighted by Gasteiger charge is 2.28. The summed E-state index contributed by atoms with van der Waals surface area (Å²) in [6, 6.07) is 0. The molecular weight excluding hydrogens is 902 g/mol. The first kappa shape index (κ1) is 63.2. The smallest absolute Gasteiger partial charge is 0.462 e. The van der Waals surface area contributed by atoms with Crippen LogP contribution in [0.3, 0.4) is 0 Å². The predicted octanol–water partition coefficient (Wildman–Crippen LogP) is 10.2. The number of ether oxygens (including phenoxy) is 2. The fraction of sp³-hybridized carbons (Fsp3) is 0.520. The third kappa shape index (κ3) is 47.1. The van der Waals surface area contributed by atoms with Crippen LogP contribution in [-0.4, -0.2) is 92.8 Å². The molecule has 1 unspecified atom stereocenters. The molecule has 0 aliphatic heterocycles. The maximum Gasteiger partial charge on any atom is 0.472 e. The van der Waals surface area contributed by atoms with Crippen molar-refractivity contribution in [2.24, 2.45) is 0 Å². The molecule has 0 aromatic carbocycles. The van der Waals surface area contributed by atoms with Crippen LogP contribution < -0.4 is 0 Å².